The maximum atomic E-state index is 14.6. The summed E-state index contributed by atoms with van der Waals surface area (Å²) in [4.78, 5) is 13.9. The quantitative estimate of drug-likeness (QED) is 0.382. The molecule has 1 saturated heterocycles. The summed E-state index contributed by atoms with van der Waals surface area (Å²) in [6, 6.07) is 1.47. The number of hydrogen-bond donors (Lipinski definition) is 1. The van der Waals surface area contributed by atoms with Crippen molar-refractivity contribution >= 4 is 6.09 Å². The number of ether oxygens (including phenoxy) is 2. The molecule has 0 saturated carbocycles. The lowest BCUT2D eigenvalue weighted by atomic mass is 10.1. The Balaban J connectivity index is 1.70. The Hall–Kier alpha value is -3.09. The van der Waals surface area contributed by atoms with Crippen molar-refractivity contribution in [2.75, 3.05) is 13.1 Å². The fourth-order valence-electron chi connectivity index (χ4n) is 3.88. The lowest BCUT2D eigenvalue weighted by molar-refractivity contribution is -0.143. The Kier molecular flexibility index (Phi) is 8.49. The number of carbonyl (C=O) groups excluding carboxylic acids is 1. The molecule has 13 heteroatoms. The number of rotatable bonds is 6. The molecule has 0 spiro atoms. The van der Waals surface area contributed by atoms with E-state index in [1.165, 1.54) is 0 Å². The Morgan fingerprint density at radius 3 is 2.11 bits per heavy atom. The first-order valence-electron chi connectivity index (χ1n) is 11.6. The van der Waals surface area contributed by atoms with Crippen LogP contribution < -0.4 is 10.1 Å². The Morgan fingerprint density at radius 1 is 0.947 bits per heavy atom. The van der Waals surface area contributed by atoms with Crippen LogP contribution in [0.4, 0.5) is 39.9 Å². The van der Waals surface area contributed by atoms with Gasteiger partial charge in [-0.05, 0) is 57.9 Å². The number of likely N-dealkylation sites (tertiary alicyclic amines) is 1. The van der Waals surface area contributed by atoms with Crippen LogP contribution in [-0.2, 0) is 23.6 Å². The van der Waals surface area contributed by atoms with Crippen LogP contribution in [0, 0.1) is 11.6 Å². The van der Waals surface area contributed by atoms with Crippen LogP contribution in [0.15, 0.2) is 30.3 Å². The van der Waals surface area contributed by atoms with Crippen molar-refractivity contribution in [2.45, 2.75) is 64.2 Å². The molecule has 1 aliphatic rings. The summed E-state index contributed by atoms with van der Waals surface area (Å²) < 4.78 is 118. The average molecular weight is 554 g/mol. The number of amides is 1. The van der Waals surface area contributed by atoms with Crippen molar-refractivity contribution < 1.29 is 49.4 Å². The van der Waals surface area contributed by atoms with Crippen molar-refractivity contribution in [1.29, 1.82) is 0 Å². The largest absolute Gasteiger partial charge is 0.454 e. The fourth-order valence-corrected chi connectivity index (χ4v) is 3.88. The van der Waals surface area contributed by atoms with E-state index in [2.05, 4.69) is 5.32 Å². The number of benzene rings is 2. The molecule has 1 amide bonds. The molecule has 2 aromatic rings. The van der Waals surface area contributed by atoms with E-state index in [0.29, 0.717) is 19.0 Å². The van der Waals surface area contributed by atoms with Gasteiger partial charge in [-0.2, -0.15) is 26.3 Å². The molecular weight excluding hydrogens is 528 g/mol. The molecule has 0 aliphatic carbocycles. The molecule has 1 N–H and O–H groups in total. The third-order valence-electron chi connectivity index (χ3n) is 5.59. The highest BCUT2D eigenvalue weighted by molar-refractivity contribution is 5.69. The second kappa shape index (κ2) is 11.0. The predicted molar refractivity (Wildman–Crippen MR) is 121 cm³/mol. The van der Waals surface area contributed by atoms with Crippen LogP contribution in [0.3, 0.4) is 0 Å². The predicted octanol–water partition coefficient (Wildman–Crippen LogP) is 7.28. The summed E-state index contributed by atoms with van der Waals surface area (Å²) in [6.07, 6.45) is -9.32. The van der Waals surface area contributed by atoms with Gasteiger partial charge in [-0.3, -0.25) is 0 Å². The van der Waals surface area contributed by atoms with Crippen molar-refractivity contribution in [2.24, 2.45) is 0 Å². The second-order valence-corrected chi connectivity index (χ2v) is 9.82. The summed E-state index contributed by atoms with van der Waals surface area (Å²) in [7, 11) is 0. The van der Waals surface area contributed by atoms with E-state index in [4.69, 9.17) is 9.47 Å². The standard InChI is InChI=1S/C25H26F8N2O3/c1-23(2,3)38-22(36)35-6-4-5-17(35)13-34-12-14-7-20(27)21(11-19(14)26)37-18-9-15(24(28,29)30)8-16(10-18)25(31,32)33/h7-11,17,34H,4-6,12-13H2,1-3H3. The van der Waals surface area contributed by atoms with Crippen LogP contribution in [0.1, 0.15) is 50.3 Å². The zero-order chi connectivity index (χ0) is 28.5. The number of halogens is 8. The number of carbonyl (C=O) groups is 1. The molecule has 5 nitrogen and oxygen atoms in total. The highest BCUT2D eigenvalue weighted by atomic mass is 19.4. The van der Waals surface area contributed by atoms with Crippen molar-refractivity contribution in [1.82, 2.24) is 10.2 Å². The average Bonchev–Trinajstić information content (AvgIpc) is 3.23. The van der Waals surface area contributed by atoms with Crippen molar-refractivity contribution in [3.05, 3.63) is 58.7 Å². The number of nitrogens with one attached hydrogen (secondary N) is 1. The van der Waals surface area contributed by atoms with E-state index in [-0.39, 0.29) is 42.9 Å². The Labute approximate surface area is 213 Å². The summed E-state index contributed by atoms with van der Waals surface area (Å²) >= 11 is 0. The van der Waals surface area contributed by atoms with Gasteiger partial charge in [0.05, 0.1) is 11.1 Å². The van der Waals surface area contributed by atoms with E-state index in [9.17, 15) is 39.9 Å². The number of nitrogens with zero attached hydrogens (tertiary/aromatic N) is 1. The number of hydrogen-bond acceptors (Lipinski definition) is 4. The zero-order valence-electron chi connectivity index (χ0n) is 20.7. The summed E-state index contributed by atoms with van der Waals surface area (Å²) in [5.41, 5.74) is -4.14. The molecule has 38 heavy (non-hydrogen) atoms. The molecule has 1 unspecified atom stereocenters. The summed E-state index contributed by atoms with van der Waals surface area (Å²) in [5.74, 6) is -4.02. The van der Waals surface area contributed by atoms with Crippen LogP contribution in [-0.4, -0.2) is 35.7 Å². The van der Waals surface area contributed by atoms with E-state index in [1.54, 1.807) is 25.7 Å². The van der Waals surface area contributed by atoms with Gasteiger partial charge in [0.2, 0.25) is 0 Å². The van der Waals surface area contributed by atoms with Gasteiger partial charge in [-0.1, -0.05) is 0 Å². The topological polar surface area (TPSA) is 50.8 Å². The molecule has 210 valence electrons. The first-order chi connectivity index (χ1) is 17.4. The van der Waals surface area contributed by atoms with Gasteiger partial charge < -0.3 is 19.7 Å². The van der Waals surface area contributed by atoms with E-state index >= 15 is 0 Å². The van der Waals surface area contributed by atoms with Gasteiger partial charge in [0.25, 0.3) is 0 Å². The third kappa shape index (κ3) is 7.71. The smallest absolute Gasteiger partial charge is 0.416 e. The normalized spacial score (nSPS) is 16.6. The van der Waals surface area contributed by atoms with Gasteiger partial charge in [-0.15, -0.1) is 0 Å². The first kappa shape index (κ1) is 29.5. The molecular formula is C25H26F8N2O3. The minimum Gasteiger partial charge on any atom is -0.454 e. The monoisotopic (exact) mass is 554 g/mol. The molecule has 1 aliphatic heterocycles. The molecule has 1 atom stereocenters. The summed E-state index contributed by atoms with van der Waals surface area (Å²) in [6.45, 7) is 5.79. The van der Waals surface area contributed by atoms with Crippen LogP contribution in [0.25, 0.3) is 0 Å². The maximum absolute atomic E-state index is 14.6. The van der Waals surface area contributed by atoms with Crippen molar-refractivity contribution in [3.63, 3.8) is 0 Å². The Morgan fingerprint density at radius 2 is 1.55 bits per heavy atom. The highest BCUT2D eigenvalue weighted by Gasteiger charge is 2.37. The maximum Gasteiger partial charge on any atom is 0.416 e. The molecule has 0 bridgehead atoms. The van der Waals surface area contributed by atoms with Crippen molar-refractivity contribution in [3.8, 4) is 11.5 Å². The molecule has 3 rings (SSSR count). The van der Waals surface area contributed by atoms with Gasteiger partial charge in [0.15, 0.2) is 11.6 Å². The lowest BCUT2D eigenvalue weighted by Crippen LogP contribution is -2.44. The summed E-state index contributed by atoms with van der Waals surface area (Å²) in [5, 5.41) is 2.93. The highest BCUT2D eigenvalue weighted by Crippen LogP contribution is 2.39. The molecule has 2 aromatic carbocycles. The van der Waals surface area contributed by atoms with E-state index in [0.717, 1.165) is 12.5 Å². The molecule has 1 fully saturated rings. The van der Waals surface area contributed by atoms with Gasteiger partial charge in [-0.25, -0.2) is 13.6 Å². The minimum absolute atomic E-state index is 0.104. The van der Waals surface area contributed by atoms with Gasteiger partial charge >= 0.3 is 18.4 Å². The SMILES string of the molecule is CC(C)(C)OC(=O)N1CCCC1CNCc1cc(F)c(Oc2cc(C(F)(F)F)cc(C(F)(F)F)c2)cc1F. The van der Waals surface area contributed by atoms with Crippen LogP contribution in [0.2, 0.25) is 0 Å². The Bertz CT molecular complexity index is 1130. The van der Waals surface area contributed by atoms with E-state index < -0.39 is 58.3 Å². The second-order valence-electron chi connectivity index (χ2n) is 9.82. The molecule has 1 heterocycles. The third-order valence-corrected chi connectivity index (χ3v) is 5.59. The van der Waals surface area contributed by atoms with Gasteiger partial charge in [0.1, 0.15) is 17.2 Å². The van der Waals surface area contributed by atoms with E-state index in [1.807, 2.05) is 0 Å². The lowest BCUT2D eigenvalue weighted by Gasteiger charge is -2.28. The van der Waals surface area contributed by atoms with Crippen LogP contribution in [0.5, 0.6) is 11.5 Å². The number of alkyl halides is 6. The minimum atomic E-state index is -5.13. The molecule has 0 radical (unpaired) electrons. The van der Waals surface area contributed by atoms with Crippen LogP contribution >= 0.6 is 0 Å². The fraction of sp³-hybridized carbons (Fsp3) is 0.480. The zero-order valence-corrected chi connectivity index (χ0v) is 20.7. The molecule has 0 aromatic heterocycles. The first-order valence-corrected chi connectivity index (χ1v) is 11.6. The van der Waals surface area contributed by atoms with Gasteiger partial charge in [0, 0.05) is 37.3 Å².